The number of benzene rings is 2. The fourth-order valence-electron chi connectivity index (χ4n) is 2.98. The quantitative estimate of drug-likeness (QED) is 0.875. The second-order valence-electron chi connectivity index (χ2n) is 6.06. The average molecular weight is 325 g/mol. The Morgan fingerprint density at radius 3 is 2.54 bits per heavy atom. The smallest absolute Gasteiger partial charge is 0.251 e. The van der Waals surface area contributed by atoms with Crippen LogP contribution in [0.3, 0.4) is 0 Å². The van der Waals surface area contributed by atoms with E-state index in [2.05, 4.69) is 5.32 Å². The molecule has 0 bridgehead atoms. The van der Waals surface area contributed by atoms with Crippen LogP contribution in [0.1, 0.15) is 41.6 Å². The van der Waals surface area contributed by atoms with Gasteiger partial charge in [0.1, 0.15) is 0 Å². The van der Waals surface area contributed by atoms with Crippen molar-refractivity contribution in [2.75, 3.05) is 7.11 Å². The topological polar surface area (TPSA) is 47.6 Å². The lowest BCUT2D eigenvalue weighted by Crippen LogP contribution is -2.23. The maximum absolute atomic E-state index is 12.4. The largest absolute Gasteiger partial charge is 0.493 e. The summed E-state index contributed by atoms with van der Waals surface area (Å²) in [5.41, 5.74) is 1.65. The highest BCUT2D eigenvalue weighted by Crippen LogP contribution is 2.32. The summed E-state index contributed by atoms with van der Waals surface area (Å²) < 4.78 is 11.4. The van der Waals surface area contributed by atoms with E-state index in [1.807, 2.05) is 30.3 Å². The monoisotopic (exact) mass is 325 g/mol. The van der Waals surface area contributed by atoms with Gasteiger partial charge in [-0.3, -0.25) is 4.79 Å². The first-order chi connectivity index (χ1) is 11.8. The number of methoxy groups -OCH3 is 1. The zero-order valence-electron chi connectivity index (χ0n) is 14.0. The summed E-state index contributed by atoms with van der Waals surface area (Å²) in [6.45, 7) is 0.504. The van der Waals surface area contributed by atoms with E-state index in [9.17, 15) is 4.79 Å². The molecule has 0 unspecified atom stereocenters. The van der Waals surface area contributed by atoms with Crippen LogP contribution in [0.4, 0.5) is 0 Å². The van der Waals surface area contributed by atoms with Crippen LogP contribution in [0.2, 0.25) is 0 Å². The molecule has 0 spiro atoms. The van der Waals surface area contributed by atoms with Crippen molar-refractivity contribution in [1.29, 1.82) is 0 Å². The zero-order valence-corrected chi connectivity index (χ0v) is 14.0. The maximum atomic E-state index is 12.4. The number of nitrogens with one attached hydrogen (secondary N) is 1. The van der Waals surface area contributed by atoms with Gasteiger partial charge in [0.05, 0.1) is 13.2 Å². The number of rotatable bonds is 6. The Morgan fingerprint density at radius 2 is 1.83 bits per heavy atom. The first-order valence-corrected chi connectivity index (χ1v) is 8.43. The Hall–Kier alpha value is -2.49. The molecular weight excluding hydrogens is 302 g/mol. The van der Waals surface area contributed by atoms with E-state index in [-0.39, 0.29) is 12.0 Å². The fourth-order valence-corrected chi connectivity index (χ4v) is 2.98. The number of carbonyl (C=O) groups is 1. The molecule has 4 nitrogen and oxygen atoms in total. The highest BCUT2D eigenvalue weighted by atomic mass is 16.5. The van der Waals surface area contributed by atoms with Gasteiger partial charge in [0.2, 0.25) is 0 Å². The van der Waals surface area contributed by atoms with Crippen molar-refractivity contribution in [3.05, 3.63) is 59.7 Å². The molecule has 0 aliphatic heterocycles. The third-order valence-electron chi connectivity index (χ3n) is 4.32. The third kappa shape index (κ3) is 4.07. The molecule has 1 N–H and O–H groups in total. The summed E-state index contributed by atoms with van der Waals surface area (Å²) >= 11 is 0. The van der Waals surface area contributed by atoms with Gasteiger partial charge in [-0.15, -0.1) is 0 Å². The van der Waals surface area contributed by atoms with E-state index in [0.717, 1.165) is 18.4 Å². The van der Waals surface area contributed by atoms with Crippen molar-refractivity contribution in [1.82, 2.24) is 5.32 Å². The summed E-state index contributed by atoms with van der Waals surface area (Å²) in [7, 11) is 1.62. The van der Waals surface area contributed by atoms with Gasteiger partial charge in [-0.05, 0) is 49.4 Å². The van der Waals surface area contributed by atoms with Gasteiger partial charge in [0.15, 0.2) is 11.5 Å². The molecule has 3 rings (SSSR count). The minimum absolute atomic E-state index is 0.113. The summed E-state index contributed by atoms with van der Waals surface area (Å²) in [5, 5.41) is 2.94. The molecule has 0 aromatic heterocycles. The van der Waals surface area contributed by atoms with E-state index in [4.69, 9.17) is 9.47 Å². The molecule has 1 saturated carbocycles. The van der Waals surface area contributed by atoms with Crippen LogP contribution in [-0.2, 0) is 6.54 Å². The van der Waals surface area contributed by atoms with Gasteiger partial charge >= 0.3 is 0 Å². The summed E-state index contributed by atoms with van der Waals surface area (Å²) in [6, 6.07) is 15.2. The first-order valence-electron chi connectivity index (χ1n) is 8.43. The second-order valence-corrected chi connectivity index (χ2v) is 6.06. The van der Waals surface area contributed by atoms with Crippen molar-refractivity contribution < 1.29 is 14.3 Å². The van der Waals surface area contributed by atoms with E-state index in [0.29, 0.717) is 23.6 Å². The molecule has 2 aromatic carbocycles. The standard InChI is InChI=1S/C20H23NO3/c1-23-18-12-11-16(13-19(18)24-17-9-5-6-10-17)20(22)21-14-15-7-3-2-4-8-15/h2-4,7-8,11-13,17H,5-6,9-10,14H2,1H3,(H,21,22). The maximum Gasteiger partial charge on any atom is 0.251 e. The van der Waals surface area contributed by atoms with Gasteiger partial charge in [-0.1, -0.05) is 30.3 Å². The molecule has 0 radical (unpaired) electrons. The molecule has 2 aromatic rings. The fraction of sp³-hybridized carbons (Fsp3) is 0.350. The molecule has 4 heteroatoms. The first kappa shape index (κ1) is 16.4. The number of ether oxygens (including phenoxy) is 2. The van der Waals surface area contributed by atoms with E-state index >= 15 is 0 Å². The van der Waals surface area contributed by atoms with Gasteiger partial charge in [-0.2, -0.15) is 0 Å². The molecule has 24 heavy (non-hydrogen) atoms. The molecule has 0 atom stereocenters. The van der Waals surface area contributed by atoms with Crippen molar-refractivity contribution >= 4 is 5.91 Å². The lowest BCUT2D eigenvalue weighted by molar-refractivity contribution is 0.0950. The van der Waals surface area contributed by atoms with E-state index < -0.39 is 0 Å². The van der Waals surface area contributed by atoms with Crippen molar-refractivity contribution in [3.8, 4) is 11.5 Å². The highest BCUT2D eigenvalue weighted by molar-refractivity contribution is 5.94. The lowest BCUT2D eigenvalue weighted by Gasteiger charge is -2.16. The van der Waals surface area contributed by atoms with Gasteiger partial charge in [0, 0.05) is 12.1 Å². The number of amides is 1. The molecular formula is C20H23NO3. The van der Waals surface area contributed by atoms with Crippen LogP contribution >= 0.6 is 0 Å². The third-order valence-corrected chi connectivity index (χ3v) is 4.32. The van der Waals surface area contributed by atoms with E-state index in [1.54, 1.807) is 25.3 Å². The predicted molar refractivity (Wildman–Crippen MR) is 93.5 cm³/mol. The number of hydrogen-bond donors (Lipinski definition) is 1. The Bertz CT molecular complexity index is 679. The van der Waals surface area contributed by atoms with Crippen molar-refractivity contribution in [2.45, 2.75) is 38.3 Å². The van der Waals surface area contributed by atoms with Crippen molar-refractivity contribution in [3.63, 3.8) is 0 Å². The molecule has 0 saturated heterocycles. The van der Waals surface area contributed by atoms with Gasteiger partial charge in [0.25, 0.3) is 5.91 Å². The predicted octanol–water partition coefficient (Wildman–Crippen LogP) is 3.95. The summed E-state index contributed by atoms with van der Waals surface area (Å²) in [6.07, 6.45) is 4.75. The van der Waals surface area contributed by atoms with Crippen LogP contribution in [-0.4, -0.2) is 19.1 Å². The number of carbonyl (C=O) groups excluding carboxylic acids is 1. The number of hydrogen-bond acceptors (Lipinski definition) is 3. The normalized spacial score (nSPS) is 14.4. The average Bonchev–Trinajstić information content (AvgIpc) is 3.13. The molecule has 1 amide bonds. The Balaban J connectivity index is 1.69. The molecule has 1 fully saturated rings. The van der Waals surface area contributed by atoms with Crippen LogP contribution in [0.5, 0.6) is 11.5 Å². The van der Waals surface area contributed by atoms with Crippen molar-refractivity contribution in [2.24, 2.45) is 0 Å². The van der Waals surface area contributed by atoms with E-state index in [1.165, 1.54) is 12.8 Å². The molecule has 0 heterocycles. The summed E-state index contributed by atoms with van der Waals surface area (Å²) in [4.78, 5) is 12.4. The highest BCUT2D eigenvalue weighted by Gasteiger charge is 2.19. The minimum Gasteiger partial charge on any atom is -0.493 e. The lowest BCUT2D eigenvalue weighted by atomic mass is 10.1. The SMILES string of the molecule is COc1ccc(C(=O)NCc2ccccc2)cc1OC1CCCC1. The van der Waals surface area contributed by atoms with Gasteiger partial charge < -0.3 is 14.8 Å². The Kier molecular flexibility index (Phi) is 5.36. The summed E-state index contributed by atoms with van der Waals surface area (Å²) in [5.74, 6) is 1.20. The molecule has 126 valence electrons. The zero-order chi connectivity index (χ0) is 16.8. The minimum atomic E-state index is -0.113. The molecule has 1 aliphatic carbocycles. The Labute approximate surface area is 142 Å². The van der Waals surface area contributed by atoms with Crippen LogP contribution in [0.25, 0.3) is 0 Å². The Morgan fingerprint density at radius 1 is 1.08 bits per heavy atom. The molecule has 1 aliphatic rings. The van der Waals surface area contributed by atoms with Crippen LogP contribution in [0.15, 0.2) is 48.5 Å². The van der Waals surface area contributed by atoms with Crippen LogP contribution in [0, 0.1) is 0 Å². The second kappa shape index (κ2) is 7.86. The van der Waals surface area contributed by atoms with Crippen LogP contribution < -0.4 is 14.8 Å². The van der Waals surface area contributed by atoms with Gasteiger partial charge in [-0.25, -0.2) is 0 Å².